The van der Waals surface area contributed by atoms with Crippen molar-refractivity contribution < 1.29 is 4.39 Å². The first-order valence-electron chi connectivity index (χ1n) is 9.77. The standard InChI is InChI=1S/C24H19FN4O/c1-16(18-6-4-7-20(25)13-18)29-22-8-3-2-5-19(22)15-28-23(30)14-21(27-24(28)29)17-9-11-26-12-10-17/h2-14,16H,15H2,1H3. The molecule has 0 aliphatic carbocycles. The average Bonchev–Trinajstić information content (AvgIpc) is 2.78. The molecular formula is C24H19FN4O. The number of hydrogen-bond acceptors (Lipinski definition) is 4. The molecule has 1 unspecified atom stereocenters. The van der Waals surface area contributed by atoms with Crippen molar-refractivity contribution in [1.29, 1.82) is 0 Å². The van der Waals surface area contributed by atoms with Gasteiger partial charge in [-0.2, -0.15) is 0 Å². The van der Waals surface area contributed by atoms with Crippen LogP contribution in [0.2, 0.25) is 0 Å². The lowest BCUT2D eigenvalue weighted by Gasteiger charge is -2.37. The van der Waals surface area contributed by atoms with Gasteiger partial charge in [-0.25, -0.2) is 9.37 Å². The first-order chi connectivity index (χ1) is 14.6. The smallest absolute Gasteiger partial charge is 0.255 e. The van der Waals surface area contributed by atoms with Gasteiger partial charge < -0.3 is 4.90 Å². The van der Waals surface area contributed by atoms with Crippen LogP contribution in [0.5, 0.6) is 0 Å². The maximum Gasteiger partial charge on any atom is 0.255 e. The number of benzene rings is 2. The summed E-state index contributed by atoms with van der Waals surface area (Å²) in [5.74, 6) is 0.255. The molecule has 1 atom stereocenters. The number of nitrogens with zero attached hydrogens (tertiary/aromatic N) is 4. The van der Waals surface area contributed by atoms with Crippen LogP contribution >= 0.6 is 0 Å². The molecule has 4 aromatic rings. The molecule has 0 N–H and O–H groups in total. The van der Waals surface area contributed by atoms with Crippen LogP contribution in [0.1, 0.15) is 24.1 Å². The fraction of sp³-hybridized carbons (Fsp3) is 0.125. The number of pyridine rings is 1. The molecule has 1 aliphatic heterocycles. The van der Waals surface area contributed by atoms with E-state index in [4.69, 9.17) is 4.98 Å². The maximum atomic E-state index is 13.9. The Bertz CT molecular complexity index is 1290. The Morgan fingerprint density at radius 1 is 1.00 bits per heavy atom. The minimum atomic E-state index is -0.291. The Morgan fingerprint density at radius 2 is 1.80 bits per heavy atom. The quantitative estimate of drug-likeness (QED) is 0.502. The van der Waals surface area contributed by atoms with Gasteiger partial charge in [-0.05, 0) is 48.4 Å². The average molecular weight is 398 g/mol. The van der Waals surface area contributed by atoms with E-state index in [1.165, 1.54) is 12.1 Å². The molecule has 1 aliphatic rings. The summed E-state index contributed by atoms with van der Waals surface area (Å²) in [6.45, 7) is 2.44. The van der Waals surface area contributed by atoms with E-state index in [0.29, 0.717) is 18.2 Å². The van der Waals surface area contributed by atoms with E-state index < -0.39 is 0 Å². The summed E-state index contributed by atoms with van der Waals surface area (Å²) in [6, 6.07) is 19.5. The number of para-hydroxylation sites is 1. The first kappa shape index (κ1) is 18.2. The van der Waals surface area contributed by atoms with Crippen LogP contribution in [0.4, 0.5) is 16.0 Å². The topological polar surface area (TPSA) is 51.0 Å². The molecule has 2 aromatic carbocycles. The van der Waals surface area contributed by atoms with Gasteiger partial charge in [0.1, 0.15) is 5.82 Å². The summed E-state index contributed by atoms with van der Waals surface area (Å²) in [7, 11) is 0. The summed E-state index contributed by atoms with van der Waals surface area (Å²) in [6.07, 6.45) is 3.35. The molecule has 5 nitrogen and oxygen atoms in total. The van der Waals surface area contributed by atoms with Crippen molar-refractivity contribution in [2.45, 2.75) is 19.5 Å². The third-order valence-electron chi connectivity index (χ3n) is 5.48. The zero-order valence-corrected chi connectivity index (χ0v) is 16.4. The van der Waals surface area contributed by atoms with Crippen LogP contribution in [0, 0.1) is 5.82 Å². The van der Waals surface area contributed by atoms with Crippen molar-refractivity contribution in [3.05, 3.63) is 106 Å². The van der Waals surface area contributed by atoms with Gasteiger partial charge in [-0.15, -0.1) is 0 Å². The molecule has 0 amide bonds. The molecule has 0 bridgehead atoms. The predicted molar refractivity (Wildman–Crippen MR) is 114 cm³/mol. The van der Waals surface area contributed by atoms with E-state index in [1.807, 2.05) is 54.3 Å². The Morgan fingerprint density at radius 3 is 2.60 bits per heavy atom. The second-order valence-corrected chi connectivity index (χ2v) is 7.33. The summed E-state index contributed by atoms with van der Waals surface area (Å²) < 4.78 is 15.6. The normalized spacial score (nSPS) is 13.5. The monoisotopic (exact) mass is 398 g/mol. The number of halogens is 1. The first-order valence-corrected chi connectivity index (χ1v) is 9.77. The molecule has 2 aromatic heterocycles. The fourth-order valence-corrected chi connectivity index (χ4v) is 3.95. The van der Waals surface area contributed by atoms with Crippen LogP contribution in [0.25, 0.3) is 11.3 Å². The predicted octanol–water partition coefficient (Wildman–Crippen LogP) is 4.71. The summed E-state index contributed by atoms with van der Waals surface area (Å²) in [5, 5.41) is 0. The van der Waals surface area contributed by atoms with Crippen LogP contribution in [0.3, 0.4) is 0 Å². The fourth-order valence-electron chi connectivity index (χ4n) is 3.95. The Balaban J connectivity index is 1.72. The van der Waals surface area contributed by atoms with Gasteiger partial charge in [-0.1, -0.05) is 30.3 Å². The van der Waals surface area contributed by atoms with Gasteiger partial charge in [0.2, 0.25) is 5.95 Å². The molecule has 0 spiro atoms. The van der Waals surface area contributed by atoms with E-state index in [0.717, 1.165) is 22.4 Å². The van der Waals surface area contributed by atoms with Gasteiger partial charge in [0.05, 0.1) is 18.3 Å². The van der Waals surface area contributed by atoms with Crippen LogP contribution in [0.15, 0.2) is 83.9 Å². The summed E-state index contributed by atoms with van der Waals surface area (Å²) in [4.78, 5) is 24.0. The zero-order valence-electron chi connectivity index (χ0n) is 16.4. The number of aromatic nitrogens is 3. The van der Waals surface area contributed by atoms with E-state index in [2.05, 4.69) is 4.98 Å². The van der Waals surface area contributed by atoms with Crippen molar-refractivity contribution in [3.8, 4) is 11.3 Å². The third kappa shape index (κ3) is 3.06. The molecule has 5 rings (SSSR count). The lowest BCUT2D eigenvalue weighted by Crippen LogP contribution is -2.36. The van der Waals surface area contributed by atoms with E-state index in [9.17, 15) is 9.18 Å². The van der Waals surface area contributed by atoms with Gasteiger partial charge in [0.15, 0.2) is 0 Å². The van der Waals surface area contributed by atoms with Crippen molar-refractivity contribution in [2.24, 2.45) is 0 Å². The second-order valence-electron chi connectivity index (χ2n) is 7.33. The van der Waals surface area contributed by atoms with Gasteiger partial charge in [-0.3, -0.25) is 14.3 Å². The Labute approximate surface area is 173 Å². The van der Waals surface area contributed by atoms with Gasteiger partial charge in [0, 0.05) is 29.7 Å². The summed E-state index contributed by atoms with van der Waals surface area (Å²) >= 11 is 0. The van der Waals surface area contributed by atoms with E-state index in [-0.39, 0.29) is 17.4 Å². The SMILES string of the molecule is CC(c1cccc(F)c1)N1c2ccccc2Cn2c1nc(-c1ccncc1)cc2=O. The lowest BCUT2D eigenvalue weighted by molar-refractivity contribution is 0.613. The molecule has 6 heteroatoms. The molecular weight excluding hydrogens is 379 g/mol. The van der Waals surface area contributed by atoms with Gasteiger partial charge >= 0.3 is 0 Å². The maximum absolute atomic E-state index is 13.9. The molecule has 0 saturated heterocycles. The van der Waals surface area contributed by atoms with Crippen LogP contribution < -0.4 is 10.5 Å². The van der Waals surface area contributed by atoms with Crippen molar-refractivity contribution in [3.63, 3.8) is 0 Å². The van der Waals surface area contributed by atoms with Crippen LogP contribution in [-0.2, 0) is 6.54 Å². The Kier molecular flexibility index (Phi) is 4.39. The number of anilines is 2. The van der Waals surface area contributed by atoms with Crippen LogP contribution in [-0.4, -0.2) is 14.5 Å². The highest BCUT2D eigenvalue weighted by Gasteiger charge is 2.29. The van der Waals surface area contributed by atoms with Crippen molar-refractivity contribution >= 4 is 11.6 Å². The third-order valence-corrected chi connectivity index (χ3v) is 5.48. The molecule has 30 heavy (non-hydrogen) atoms. The number of fused-ring (bicyclic) bond motifs is 2. The largest absolute Gasteiger partial charge is 0.304 e. The van der Waals surface area contributed by atoms with Gasteiger partial charge in [0.25, 0.3) is 5.56 Å². The molecule has 0 fully saturated rings. The molecule has 0 radical (unpaired) electrons. The highest BCUT2D eigenvalue weighted by Crippen LogP contribution is 2.39. The summed E-state index contributed by atoms with van der Waals surface area (Å²) in [5.41, 5.74) is 4.08. The lowest BCUT2D eigenvalue weighted by atomic mass is 10.0. The van der Waals surface area contributed by atoms with Crippen molar-refractivity contribution in [1.82, 2.24) is 14.5 Å². The van der Waals surface area contributed by atoms with Crippen molar-refractivity contribution in [2.75, 3.05) is 4.90 Å². The Hall–Kier alpha value is -3.80. The zero-order chi connectivity index (χ0) is 20.7. The minimum absolute atomic E-state index is 0.127. The molecule has 0 saturated carbocycles. The number of rotatable bonds is 3. The second kappa shape index (κ2) is 7.22. The highest BCUT2D eigenvalue weighted by molar-refractivity contribution is 5.69. The van der Waals surface area contributed by atoms with E-state index >= 15 is 0 Å². The van der Waals surface area contributed by atoms with E-state index in [1.54, 1.807) is 29.1 Å². The minimum Gasteiger partial charge on any atom is -0.304 e. The number of hydrogen-bond donors (Lipinski definition) is 0. The molecule has 148 valence electrons. The highest BCUT2D eigenvalue weighted by atomic mass is 19.1. The molecule has 3 heterocycles.